The molecule has 0 heterocycles. The second-order valence-electron chi connectivity index (χ2n) is 4.71. The van der Waals surface area contributed by atoms with E-state index in [1.165, 1.54) is 7.11 Å². The zero-order valence-corrected chi connectivity index (χ0v) is 13.4. The zero-order valence-electron chi connectivity index (χ0n) is 13.4. The summed E-state index contributed by atoms with van der Waals surface area (Å²) in [5, 5.41) is 3.27. The van der Waals surface area contributed by atoms with E-state index < -0.39 is 6.04 Å². The molecule has 5 nitrogen and oxygen atoms in total. The molecule has 0 aromatic heterocycles. The molecule has 1 aromatic carbocycles. The van der Waals surface area contributed by atoms with E-state index >= 15 is 0 Å². The summed E-state index contributed by atoms with van der Waals surface area (Å²) >= 11 is 0. The number of methoxy groups -OCH3 is 2. The SMILES string of the molecule is CCN(CC)CCNC(C(=O)OC)c1cccc(OC)c1. The number of hydrogen-bond acceptors (Lipinski definition) is 5. The lowest BCUT2D eigenvalue weighted by atomic mass is 10.1. The molecule has 1 rings (SSSR count). The van der Waals surface area contributed by atoms with Gasteiger partial charge in [0.1, 0.15) is 11.8 Å². The topological polar surface area (TPSA) is 50.8 Å². The molecule has 0 spiro atoms. The number of esters is 1. The molecule has 0 aliphatic heterocycles. The number of hydrogen-bond donors (Lipinski definition) is 1. The highest BCUT2D eigenvalue weighted by molar-refractivity contribution is 5.77. The molecule has 118 valence electrons. The number of ether oxygens (including phenoxy) is 2. The first kappa shape index (κ1) is 17.5. The molecule has 21 heavy (non-hydrogen) atoms. The quantitative estimate of drug-likeness (QED) is 0.704. The summed E-state index contributed by atoms with van der Waals surface area (Å²) in [7, 11) is 3.02. The van der Waals surface area contributed by atoms with Crippen LogP contribution in [0, 0.1) is 0 Å². The van der Waals surface area contributed by atoms with E-state index in [4.69, 9.17) is 9.47 Å². The van der Waals surface area contributed by atoms with E-state index in [2.05, 4.69) is 24.1 Å². The molecule has 0 amide bonds. The molecule has 5 heteroatoms. The molecule has 0 bridgehead atoms. The fourth-order valence-corrected chi connectivity index (χ4v) is 2.18. The van der Waals surface area contributed by atoms with Gasteiger partial charge in [0, 0.05) is 13.1 Å². The van der Waals surface area contributed by atoms with Gasteiger partial charge in [-0.2, -0.15) is 0 Å². The van der Waals surface area contributed by atoms with Crippen LogP contribution < -0.4 is 10.1 Å². The van der Waals surface area contributed by atoms with Crippen LogP contribution in [0.1, 0.15) is 25.5 Å². The minimum atomic E-state index is -0.472. The summed E-state index contributed by atoms with van der Waals surface area (Å²) in [4.78, 5) is 14.3. The predicted octanol–water partition coefficient (Wildman–Crippen LogP) is 1.84. The van der Waals surface area contributed by atoms with E-state index in [1.54, 1.807) is 7.11 Å². The second kappa shape index (κ2) is 9.37. The minimum Gasteiger partial charge on any atom is -0.497 e. The highest BCUT2D eigenvalue weighted by Crippen LogP contribution is 2.20. The van der Waals surface area contributed by atoms with Crippen molar-refractivity contribution in [2.24, 2.45) is 0 Å². The molecule has 0 fully saturated rings. The Bertz CT molecular complexity index is 433. The summed E-state index contributed by atoms with van der Waals surface area (Å²) in [6.07, 6.45) is 0. The van der Waals surface area contributed by atoms with Crippen molar-refractivity contribution in [2.75, 3.05) is 40.4 Å². The van der Waals surface area contributed by atoms with Crippen LogP contribution in [0.15, 0.2) is 24.3 Å². The third-order valence-corrected chi connectivity index (χ3v) is 3.53. The molecule has 1 aromatic rings. The van der Waals surface area contributed by atoms with E-state index in [1.807, 2.05) is 24.3 Å². The number of carbonyl (C=O) groups excluding carboxylic acids is 1. The lowest BCUT2D eigenvalue weighted by molar-refractivity contribution is -0.143. The van der Waals surface area contributed by atoms with Gasteiger partial charge < -0.3 is 14.4 Å². The van der Waals surface area contributed by atoms with Crippen molar-refractivity contribution in [1.29, 1.82) is 0 Å². The lowest BCUT2D eigenvalue weighted by Gasteiger charge is -2.21. The summed E-state index contributed by atoms with van der Waals surface area (Å²) in [5.41, 5.74) is 0.848. The number of carbonyl (C=O) groups is 1. The largest absolute Gasteiger partial charge is 0.497 e. The number of nitrogens with zero attached hydrogens (tertiary/aromatic N) is 1. The highest BCUT2D eigenvalue weighted by atomic mass is 16.5. The molecule has 0 saturated heterocycles. The fourth-order valence-electron chi connectivity index (χ4n) is 2.18. The van der Waals surface area contributed by atoms with Crippen molar-refractivity contribution in [2.45, 2.75) is 19.9 Å². The summed E-state index contributed by atoms with van der Waals surface area (Å²) in [6, 6.07) is 7.01. The Hall–Kier alpha value is -1.59. The zero-order chi connectivity index (χ0) is 15.7. The Balaban J connectivity index is 2.74. The lowest BCUT2D eigenvalue weighted by Crippen LogP contribution is -2.36. The minimum absolute atomic E-state index is 0.289. The normalized spacial score (nSPS) is 12.2. The molecule has 0 saturated carbocycles. The number of rotatable bonds is 9. The van der Waals surface area contributed by atoms with Gasteiger partial charge in [-0.1, -0.05) is 26.0 Å². The summed E-state index contributed by atoms with van der Waals surface area (Å²) < 4.78 is 10.1. The van der Waals surface area contributed by atoms with Gasteiger partial charge in [0.25, 0.3) is 0 Å². The van der Waals surface area contributed by atoms with Gasteiger partial charge >= 0.3 is 5.97 Å². The van der Waals surface area contributed by atoms with Gasteiger partial charge in [0.05, 0.1) is 14.2 Å². The Morgan fingerprint density at radius 1 is 1.29 bits per heavy atom. The number of benzene rings is 1. The van der Waals surface area contributed by atoms with Gasteiger partial charge in [-0.05, 0) is 30.8 Å². The first-order valence-corrected chi connectivity index (χ1v) is 7.33. The molecule has 1 N–H and O–H groups in total. The molecular weight excluding hydrogens is 268 g/mol. The Labute approximate surface area is 127 Å². The fraction of sp³-hybridized carbons (Fsp3) is 0.562. The van der Waals surface area contributed by atoms with Gasteiger partial charge in [-0.25, -0.2) is 4.79 Å². The Morgan fingerprint density at radius 2 is 2.00 bits per heavy atom. The maximum absolute atomic E-state index is 12.0. The van der Waals surface area contributed by atoms with E-state index in [9.17, 15) is 4.79 Å². The van der Waals surface area contributed by atoms with Crippen molar-refractivity contribution >= 4 is 5.97 Å². The van der Waals surface area contributed by atoms with E-state index in [0.29, 0.717) is 0 Å². The Morgan fingerprint density at radius 3 is 2.57 bits per heavy atom. The molecular formula is C16H26N2O3. The van der Waals surface area contributed by atoms with E-state index in [-0.39, 0.29) is 5.97 Å². The summed E-state index contributed by atoms with van der Waals surface area (Å²) in [5.74, 6) is 0.440. The van der Waals surface area contributed by atoms with Crippen molar-refractivity contribution in [3.8, 4) is 5.75 Å². The third-order valence-electron chi connectivity index (χ3n) is 3.53. The van der Waals surface area contributed by atoms with Crippen LogP contribution >= 0.6 is 0 Å². The van der Waals surface area contributed by atoms with E-state index in [0.717, 1.165) is 37.5 Å². The maximum Gasteiger partial charge on any atom is 0.327 e. The maximum atomic E-state index is 12.0. The standard InChI is InChI=1S/C16H26N2O3/c1-5-18(6-2)11-10-17-15(16(19)21-4)13-8-7-9-14(12-13)20-3/h7-9,12,15,17H,5-6,10-11H2,1-4H3. The van der Waals surface area contributed by atoms with Gasteiger partial charge in [0.2, 0.25) is 0 Å². The molecule has 1 unspecified atom stereocenters. The Kier molecular flexibility index (Phi) is 7.79. The molecule has 0 radical (unpaired) electrons. The second-order valence-corrected chi connectivity index (χ2v) is 4.71. The van der Waals surface area contributed by atoms with Crippen molar-refractivity contribution in [3.63, 3.8) is 0 Å². The van der Waals surface area contributed by atoms with Crippen LogP contribution in [0.25, 0.3) is 0 Å². The first-order valence-electron chi connectivity index (χ1n) is 7.33. The monoisotopic (exact) mass is 294 g/mol. The third kappa shape index (κ3) is 5.36. The van der Waals surface area contributed by atoms with Gasteiger partial charge in [-0.15, -0.1) is 0 Å². The average Bonchev–Trinajstić information content (AvgIpc) is 2.54. The van der Waals surface area contributed by atoms with Crippen LogP contribution in [0.2, 0.25) is 0 Å². The van der Waals surface area contributed by atoms with Crippen molar-refractivity contribution in [3.05, 3.63) is 29.8 Å². The smallest absolute Gasteiger partial charge is 0.327 e. The van der Waals surface area contributed by atoms with Crippen LogP contribution in [-0.2, 0) is 9.53 Å². The van der Waals surface area contributed by atoms with Gasteiger partial charge in [0.15, 0.2) is 0 Å². The van der Waals surface area contributed by atoms with Crippen LogP contribution in [0.3, 0.4) is 0 Å². The van der Waals surface area contributed by atoms with Crippen LogP contribution in [0.4, 0.5) is 0 Å². The van der Waals surface area contributed by atoms with Gasteiger partial charge in [-0.3, -0.25) is 5.32 Å². The summed E-state index contributed by atoms with van der Waals surface area (Å²) in [6.45, 7) is 7.87. The van der Waals surface area contributed by atoms with Crippen LogP contribution in [0.5, 0.6) is 5.75 Å². The number of likely N-dealkylation sites (N-methyl/N-ethyl adjacent to an activating group) is 1. The average molecular weight is 294 g/mol. The van der Waals surface area contributed by atoms with Crippen molar-refractivity contribution in [1.82, 2.24) is 10.2 Å². The highest BCUT2D eigenvalue weighted by Gasteiger charge is 2.21. The molecule has 0 aliphatic rings. The molecule has 0 aliphatic carbocycles. The molecule has 1 atom stereocenters. The predicted molar refractivity (Wildman–Crippen MR) is 83.5 cm³/mol. The van der Waals surface area contributed by atoms with Crippen molar-refractivity contribution < 1.29 is 14.3 Å². The first-order chi connectivity index (χ1) is 10.2. The number of nitrogens with one attached hydrogen (secondary N) is 1. The van der Waals surface area contributed by atoms with Crippen LogP contribution in [-0.4, -0.2) is 51.3 Å².